The van der Waals surface area contributed by atoms with E-state index in [1.165, 1.54) is 0 Å². The lowest BCUT2D eigenvalue weighted by molar-refractivity contribution is -0.144. The molecule has 120 valence electrons. The monoisotopic (exact) mass is 296 g/mol. The van der Waals surface area contributed by atoms with E-state index in [9.17, 15) is 9.59 Å². The zero-order valence-corrected chi connectivity index (χ0v) is 13.3. The van der Waals surface area contributed by atoms with Crippen molar-refractivity contribution in [1.82, 2.24) is 10.2 Å². The largest absolute Gasteiger partial charge is 0.376 e. The molecule has 0 spiro atoms. The topological polar surface area (TPSA) is 58.6 Å². The van der Waals surface area contributed by atoms with Crippen LogP contribution in [0.3, 0.4) is 0 Å². The van der Waals surface area contributed by atoms with Gasteiger partial charge in [0.2, 0.25) is 11.8 Å². The third-order valence-corrected chi connectivity index (χ3v) is 4.38. The predicted octanol–water partition coefficient (Wildman–Crippen LogP) is 1.71. The van der Waals surface area contributed by atoms with E-state index in [-0.39, 0.29) is 17.9 Å². The summed E-state index contributed by atoms with van der Waals surface area (Å²) in [5.41, 5.74) is -0.775. The molecule has 5 nitrogen and oxygen atoms in total. The second-order valence-electron chi connectivity index (χ2n) is 6.22. The molecule has 5 heteroatoms. The van der Waals surface area contributed by atoms with Gasteiger partial charge in [0.1, 0.15) is 5.41 Å². The lowest BCUT2D eigenvalue weighted by Gasteiger charge is -2.26. The van der Waals surface area contributed by atoms with Crippen molar-refractivity contribution in [1.29, 1.82) is 0 Å². The molecule has 0 radical (unpaired) electrons. The van der Waals surface area contributed by atoms with Gasteiger partial charge in [-0.2, -0.15) is 0 Å². The number of ether oxygens (including phenoxy) is 1. The Morgan fingerprint density at radius 3 is 2.38 bits per heavy atom. The number of hydrogen-bond acceptors (Lipinski definition) is 3. The molecule has 1 atom stereocenters. The maximum absolute atomic E-state index is 12.7. The van der Waals surface area contributed by atoms with Crippen LogP contribution in [0, 0.1) is 5.41 Å². The lowest BCUT2D eigenvalue weighted by atomic mass is 10.0. The summed E-state index contributed by atoms with van der Waals surface area (Å²) in [6.45, 7) is 6.93. The first-order valence-electron chi connectivity index (χ1n) is 8.33. The molecule has 2 amide bonds. The number of carbonyl (C=O) groups excluding carboxylic acids is 2. The van der Waals surface area contributed by atoms with Crippen molar-refractivity contribution in [2.24, 2.45) is 5.41 Å². The number of rotatable bonds is 8. The quantitative estimate of drug-likeness (QED) is 0.694. The Kier molecular flexibility index (Phi) is 5.62. The Morgan fingerprint density at radius 1 is 1.24 bits per heavy atom. The fourth-order valence-corrected chi connectivity index (χ4v) is 3.00. The lowest BCUT2D eigenvalue weighted by Crippen LogP contribution is -2.47. The summed E-state index contributed by atoms with van der Waals surface area (Å²) < 4.78 is 5.51. The molecule has 1 unspecified atom stereocenters. The van der Waals surface area contributed by atoms with Gasteiger partial charge in [-0.15, -0.1) is 0 Å². The van der Waals surface area contributed by atoms with Gasteiger partial charge in [-0.25, -0.2) is 0 Å². The van der Waals surface area contributed by atoms with Crippen molar-refractivity contribution >= 4 is 11.8 Å². The van der Waals surface area contributed by atoms with Crippen LogP contribution in [0.4, 0.5) is 0 Å². The molecule has 0 aromatic rings. The van der Waals surface area contributed by atoms with Gasteiger partial charge in [-0.3, -0.25) is 9.59 Å². The van der Waals surface area contributed by atoms with Crippen molar-refractivity contribution in [3.63, 3.8) is 0 Å². The molecule has 1 aliphatic carbocycles. The highest BCUT2D eigenvalue weighted by Crippen LogP contribution is 2.47. The van der Waals surface area contributed by atoms with Gasteiger partial charge in [0, 0.05) is 26.2 Å². The average Bonchev–Trinajstić information content (AvgIpc) is 3.13. The van der Waals surface area contributed by atoms with Crippen molar-refractivity contribution in [3.05, 3.63) is 0 Å². The van der Waals surface area contributed by atoms with Crippen molar-refractivity contribution < 1.29 is 14.3 Å². The summed E-state index contributed by atoms with van der Waals surface area (Å²) in [4.78, 5) is 27.0. The van der Waals surface area contributed by atoms with Crippen LogP contribution >= 0.6 is 0 Å². The molecule has 0 aromatic carbocycles. The van der Waals surface area contributed by atoms with Gasteiger partial charge >= 0.3 is 0 Å². The average molecular weight is 296 g/mol. The first-order valence-corrected chi connectivity index (χ1v) is 8.33. The third-order valence-electron chi connectivity index (χ3n) is 4.38. The summed E-state index contributed by atoms with van der Waals surface area (Å²) >= 11 is 0. The summed E-state index contributed by atoms with van der Waals surface area (Å²) in [5, 5.41) is 2.94. The Morgan fingerprint density at radius 2 is 1.90 bits per heavy atom. The number of carbonyl (C=O) groups is 2. The third kappa shape index (κ3) is 3.76. The fraction of sp³-hybridized carbons (Fsp3) is 0.875. The Hall–Kier alpha value is -1.10. The zero-order valence-electron chi connectivity index (χ0n) is 13.3. The molecule has 2 rings (SSSR count). The molecule has 1 aliphatic heterocycles. The first-order chi connectivity index (χ1) is 10.1. The van der Waals surface area contributed by atoms with Crippen LogP contribution in [0.15, 0.2) is 0 Å². The number of amides is 2. The highest BCUT2D eigenvalue weighted by Gasteiger charge is 2.57. The SMILES string of the molecule is CCCN(CCC)C(=O)C1(C(=O)NCC2CCCO2)CC1. The molecule has 2 fully saturated rings. The van der Waals surface area contributed by atoms with Crippen LogP contribution in [-0.4, -0.2) is 49.1 Å². The maximum atomic E-state index is 12.7. The molecular weight excluding hydrogens is 268 g/mol. The minimum Gasteiger partial charge on any atom is -0.376 e. The van der Waals surface area contributed by atoms with Gasteiger partial charge < -0.3 is 15.0 Å². The summed E-state index contributed by atoms with van der Waals surface area (Å²) in [6, 6.07) is 0. The second kappa shape index (κ2) is 7.25. The van der Waals surface area contributed by atoms with Gasteiger partial charge in [0.05, 0.1) is 6.10 Å². The van der Waals surface area contributed by atoms with Crippen LogP contribution in [0.25, 0.3) is 0 Å². The summed E-state index contributed by atoms with van der Waals surface area (Å²) in [7, 11) is 0. The van der Waals surface area contributed by atoms with E-state index in [1.807, 2.05) is 4.90 Å². The van der Waals surface area contributed by atoms with Gasteiger partial charge in [-0.1, -0.05) is 13.8 Å². The first kappa shape index (κ1) is 16.3. The van der Waals surface area contributed by atoms with E-state index in [1.54, 1.807) is 0 Å². The molecule has 2 aliphatic rings. The number of nitrogens with zero attached hydrogens (tertiary/aromatic N) is 1. The van der Waals surface area contributed by atoms with Crippen molar-refractivity contribution in [3.8, 4) is 0 Å². The minimum absolute atomic E-state index is 0.0241. The molecule has 1 N–H and O–H groups in total. The Balaban J connectivity index is 1.89. The highest BCUT2D eigenvalue weighted by atomic mass is 16.5. The minimum atomic E-state index is -0.775. The van der Waals surface area contributed by atoms with Crippen molar-refractivity contribution in [2.45, 2.75) is 58.5 Å². The smallest absolute Gasteiger partial charge is 0.238 e. The maximum Gasteiger partial charge on any atom is 0.238 e. The molecule has 0 bridgehead atoms. The molecule has 0 aromatic heterocycles. The van der Waals surface area contributed by atoms with Crippen molar-refractivity contribution in [2.75, 3.05) is 26.2 Å². The second-order valence-corrected chi connectivity index (χ2v) is 6.22. The Labute approximate surface area is 127 Å². The fourth-order valence-electron chi connectivity index (χ4n) is 3.00. The molecule has 1 heterocycles. The van der Waals surface area contributed by atoms with Gasteiger partial charge in [-0.05, 0) is 38.5 Å². The normalized spacial score (nSPS) is 22.9. The summed E-state index contributed by atoms with van der Waals surface area (Å²) in [5.74, 6) is -0.0729. The van der Waals surface area contributed by atoms with Crippen LogP contribution in [-0.2, 0) is 14.3 Å². The number of nitrogens with one attached hydrogen (secondary N) is 1. The predicted molar refractivity (Wildman–Crippen MR) is 80.8 cm³/mol. The van der Waals surface area contributed by atoms with E-state index >= 15 is 0 Å². The molecule has 1 saturated heterocycles. The van der Waals surface area contributed by atoms with Gasteiger partial charge in [0.15, 0.2) is 0 Å². The molecule has 1 saturated carbocycles. The zero-order chi connectivity index (χ0) is 15.3. The van der Waals surface area contributed by atoms with E-state index in [2.05, 4.69) is 19.2 Å². The Bertz CT molecular complexity index is 368. The number of hydrogen-bond donors (Lipinski definition) is 1. The highest BCUT2D eigenvalue weighted by molar-refractivity contribution is 6.07. The molecule has 21 heavy (non-hydrogen) atoms. The molecular formula is C16H28N2O3. The standard InChI is InChI=1S/C16H28N2O3/c1-3-9-18(10-4-2)15(20)16(7-8-16)14(19)17-12-13-6-5-11-21-13/h13H,3-12H2,1-2H3,(H,17,19). The van der Waals surface area contributed by atoms with Crippen LogP contribution < -0.4 is 5.32 Å². The van der Waals surface area contributed by atoms with Gasteiger partial charge in [0.25, 0.3) is 0 Å². The van der Waals surface area contributed by atoms with Crippen LogP contribution in [0.2, 0.25) is 0 Å². The van der Waals surface area contributed by atoms with E-state index < -0.39 is 5.41 Å². The van der Waals surface area contributed by atoms with E-state index in [0.717, 1.165) is 45.4 Å². The van der Waals surface area contributed by atoms with E-state index in [0.29, 0.717) is 19.4 Å². The summed E-state index contributed by atoms with van der Waals surface area (Å²) in [6.07, 6.45) is 5.42. The van der Waals surface area contributed by atoms with E-state index in [4.69, 9.17) is 4.74 Å². The van der Waals surface area contributed by atoms with Crippen LogP contribution in [0.5, 0.6) is 0 Å². The van der Waals surface area contributed by atoms with Crippen LogP contribution in [0.1, 0.15) is 52.4 Å².